The molecule has 0 radical (unpaired) electrons. The van der Waals surface area contributed by atoms with Crippen molar-refractivity contribution in [3.63, 3.8) is 0 Å². The number of carbonyl (C=O) groups is 1. The number of aliphatic hydroxyl groups is 1. The predicted molar refractivity (Wildman–Crippen MR) is 95.0 cm³/mol. The molecule has 1 rings (SSSR count). The summed E-state index contributed by atoms with van der Waals surface area (Å²) >= 11 is 0. The first kappa shape index (κ1) is 20.3. The SMILES string of the molecule is CCCCC(CC)CNC(=O)CC(CO)Cc1ccc(O)cc1O. The molecule has 2 atom stereocenters. The van der Waals surface area contributed by atoms with E-state index in [-0.39, 0.29) is 36.4 Å². The van der Waals surface area contributed by atoms with Gasteiger partial charge in [-0.05, 0) is 36.3 Å². The Morgan fingerprint density at radius 3 is 2.54 bits per heavy atom. The highest BCUT2D eigenvalue weighted by atomic mass is 16.3. The lowest BCUT2D eigenvalue weighted by Crippen LogP contribution is -2.31. The molecular weight excluding hydrogens is 306 g/mol. The van der Waals surface area contributed by atoms with Gasteiger partial charge in [0.2, 0.25) is 5.91 Å². The van der Waals surface area contributed by atoms with E-state index >= 15 is 0 Å². The number of rotatable bonds is 11. The highest BCUT2D eigenvalue weighted by molar-refractivity contribution is 5.76. The first-order chi connectivity index (χ1) is 11.5. The topological polar surface area (TPSA) is 89.8 Å². The molecule has 5 heteroatoms. The average molecular weight is 337 g/mol. The second-order valence-corrected chi connectivity index (χ2v) is 6.49. The summed E-state index contributed by atoms with van der Waals surface area (Å²) in [5.41, 5.74) is 0.619. The van der Waals surface area contributed by atoms with Gasteiger partial charge in [0.1, 0.15) is 11.5 Å². The summed E-state index contributed by atoms with van der Waals surface area (Å²) in [4.78, 5) is 12.1. The number of nitrogens with one attached hydrogen (secondary N) is 1. The first-order valence-electron chi connectivity index (χ1n) is 8.88. The Labute approximate surface area is 144 Å². The molecule has 1 aromatic carbocycles. The van der Waals surface area contributed by atoms with Crippen molar-refractivity contribution in [2.75, 3.05) is 13.2 Å². The normalized spacial score (nSPS) is 13.5. The van der Waals surface area contributed by atoms with Crippen LogP contribution in [0.15, 0.2) is 18.2 Å². The third-order valence-electron chi connectivity index (χ3n) is 4.44. The van der Waals surface area contributed by atoms with Gasteiger partial charge in [0.15, 0.2) is 0 Å². The van der Waals surface area contributed by atoms with Crippen molar-refractivity contribution in [1.29, 1.82) is 0 Å². The minimum absolute atomic E-state index is 0.00720. The molecule has 0 bridgehead atoms. The Bertz CT molecular complexity index is 504. The molecule has 136 valence electrons. The highest BCUT2D eigenvalue weighted by Crippen LogP contribution is 2.25. The van der Waals surface area contributed by atoms with Crippen LogP contribution in [0.5, 0.6) is 11.5 Å². The summed E-state index contributed by atoms with van der Waals surface area (Å²) in [5.74, 6) is 0.160. The standard InChI is InChI=1S/C19H31NO4/c1-3-5-6-14(4-2)12-20-19(24)10-15(13-21)9-16-7-8-17(22)11-18(16)23/h7-8,11,14-15,21-23H,3-6,9-10,12-13H2,1-2H3,(H,20,24). The van der Waals surface area contributed by atoms with Crippen molar-refractivity contribution < 1.29 is 20.1 Å². The van der Waals surface area contributed by atoms with E-state index in [1.54, 1.807) is 6.07 Å². The summed E-state index contributed by atoms with van der Waals surface area (Å²) in [6.45, 7) is 4.85. The van der Waals surface area contributed by atoms with Gasteiger partial charge < -0.3 is 20.6 Å². The number of phenols is 2. The molecule has 24 heavy (non-hydrogen) atoms. The van der Waals surface area contributed by atoms with E-state index in [9.17, 15) is 20.1 Å². The largest absolute Gasteiger partial charge is 0.508 e. The fourth-order valence-electron chi connectivity index (χ4n) is 2.77. The lowest BCUT2D eigenvalue weighted by Gasteiger charge is -2.18. The van der Waals surface area contributed by atoms with Crippen molar-refractivity contribution in [1.82, 2.24) is 5.32 Å². The first-order valence-corrected chi connectivity index (χ1v) is 8.88. The Hall–Kier alpha value is -1.75. The smallest absolute Gasteiger partial charge is 0.220 e. The minimum atomic E-state index is -0.254. The number of carbonyl (C=O) groups excluding carboxylic acids is 1. The number of unbranched alkanes of at least 4 members (excludes halogenated alkanes) is 1. The Balaban J connectivity index is 2.47. The van der Waals surface area contributed by atoms with E-state index < -0.39 is 0 Å². The second-order valence-electron chi connectivity index (χ2n) is 6.49. The van der Waals surface area contributed by atoms with E-state index in [0.29, 0.717) is 24.4 Å². The zero-order valence-electron chi connectivity index (χ0n) is 14.8. The Morgan fingerprint density at radius 2 is 1.96 bits per heavy atom. The lowest BCUT2D eigenvalue weighted by atomic mass is 9.95. The van der Waals surface area contributed by atoms with Crippen LogP contribution in [0.3, 0.4) is 0 Å². The number of hydrogen-bond donors (Lipinski definition) is 4. The number of hydrogen-bond acceptors (Lipinski definition) is 4. The molecule has 1 amide bonds. The van der Waals surface area contributed by atoms with Crippen LogP contribution in [0.1, 0.15) is 51.5 Å². The number of aliphatic hydroxyl groups excluding tert-OH is 1. The van der Waals surface area contributed by atoms with E-state index in [4.69, 9.17) is 0 Å². The third kappa shape index (κ3) is 7.21. The van der Waals surface area contributed by atoms with Gasteiger partial charge in [-0.25, -0.2) is 0 Å². The molecule has 0 spiro atoms. The monoisotopic (exact) mass is 337 g/mol. The van der Waals surface area contributed by atoms with E-state index in [1.807, 2.05) is 0 Å². The molecule has 1 aromatic rings. The van der Waals surface area contributed by atoms with Crippen molar-refractivity contribution in [3.05, 3.63) is 23.8 Å². The maximum Gasteiger partial charge on any atom is 0.220 e. The van der Waals surface area contributed by atoms with E-state index in [1.165, 1.54) is 18.6 Å². The second kappa shape index (κ2) is 10.9. The van der Waals surface area contributed by atoms with Crippen LogP contribution in [0, 0.1) is 11.8 Å². The van der Waals surface area contributed by atoms with Gasteiger partial charge >= 0.3 is 0 Å². The van der Waals surface area contributed by atoms with Crippen LogP contribution in [0.25, 0.3) is 0 Å². The summed E-state index contributed by atoms with van der Waals surface area (Å²) in [6.07, 6.45) is 5.12. The fourth-order valence-corrected chi connectivity index (χ4v) is 2.77. The number of benzene rings is 1. The van der Waals surface area contributed by atoms with Gasteiger partial charge in [0.25, 0.3) is 0 Å². The fraction of sp³-hybridized carbons (Fsp3) is 0.632. The predicted octanol–water partition coefficient (Wildman–Crippen LogP) is 2.97. The Morgan fingerprint density at radius 1 is 1.21 bits per heavy atom. The minimum Gasteiger partial charge on any atom is -0.508 e. The summed E-state index contributed by atoms with van der Waals surface area (Å²) in [5, 5.41) is 31.6. The quantitative estimate of drug-likeness (QED) is 0.500. The van der Waals surface area contributed by atoms with Crippen LogP contribution in [0.4, 0.5) is 0 Å². The van der Waals surface area contributed by atoms with Gasteiger partial charge in [-0.3, -0.25) is 4.79 Å². The molecule has 0 saturated carbocycles. The third-order valence-corrected chi connectivity index (χ3v) is 4.44. The lowest BCUT2D eigenvalue weighted by molar-refractivity contribution is -0.122. The molecule has 0 aliphatic rings. The van der Waals surface area contributed by atoms with Crippen LogP contribution in [0.2, 0.25) is 0 Å². The van der Waals surface area contributed by atoms with Crippen LogP contribution >= 0.6 is 0 Å². The maximum atomic E-state index is 12.1. The highest BCUT2D eigenvalue weighted by Gasteiger charge is 2.17. The van der Waals surface area contributed by atoms with Gasteiger partial charge in [-0.15, -0.1) is 0 Å². The van der Waals surface area contributed by atoms with Crippen molar-refractivity contribution in [2.45, 2.75) is 52.4 Å². The van der Waals surface area contributed by atoms with Gasteiger partial charge in [-0.2, -0.15) is 0 Å². The molecule has 0 aromatic heterocycles. The molecule has 2 unspecified atom stereocenters. The molecule has 0 saturated heterocycles. The molecule has 4 N–H and O–H groups in total. The number of amides is 1. The number of phenolic OH excluding ortho intramolecular Hbond substituents is 2. The van der Waals surface area contributed by atoms with Crippen LogP contribution in [-0.2, 0) is 11.2 Å². The maximum absolute atomic E-state index is 12.1. The molecule has 0 heterocycles. The van der Waals surface area contributed by atoms with Crippen LogP contribution < -0.4 is 5.32 Å². The molecule has 5 nitrogen and oxygen atoms in total. The van der Waals surface area contributed by atoms with Crippen molar-refractivity contribution >= 4 is 5.91 Å². The molecule has 0 fully saturated rings. The molecule has 0 aliphatic heterocycles. The zero-order chi connectivity index (χ0) is 17.9. The summed E-state index contributed by atoms with van der Waals surface area (Å²) in [7, 11) is 0. The van der Waals surface area contributed by atoms with Gasteiger partial charge in [-0.1, -0.05) is 39.2 Å². The van der Waals surface area contributed by atoms with Crippen LogP contribution in [-0.4, -0.2) is 34.4 Å². The Kier molecular flexibility index (Phi) is 9.23. The summed E-state index contributed by atoms with van der Waals surface area (Å²) in [6, 6.07) is 4.37. The number of aromatic hydroxyl groups is 2. The van der Waals surface area contributed by atoms with Crippen molar-refractivity contribution in [3.8, 4) is 11.5 Å². The van der Waals surface area contributed by atoms with E-state index in [2.05, 4.69) is 19.2 Å². The molecular formula is C19H31NO4. The van der Waals surface area contributed by atoms with Crippen molar-refractivity contribution in [2.24, 2.45) is 11.8 Å². The van der Waals surface area contributed by atoms with E-state index in [0.717, 1.165) is 19.3 Å². The zero-order valence-corrected chi connectivity index (χ0v) is 14.8. The van der Waals surface area contributed by atoms with Gasteiger partial charge in [0, 0.05) is 25.6 Å². The molecule has 0 aliphatic carbocycles. The average Bonchev–Trinajstić information content (AvgIpc) is 2.56. The van der Waals surface area contributed by atoms with Gasteiger partial charge in [0.05, 0.1) is 0 Å². The summed E-state index contributed by atoms with van der Waals surface area (Å²) < 4.78 is 0.